The van der Waals surface area contributed by atoms with Crippen LogP contribution in [0.5, 0.6) is 0 Å². The molecule has 6 heteroatoms. The normalized spacial score (nSPS) is 13.1. The van der Waals surface area contributed by atoms with Gasteiger partial charge in [0.15, 0.2) is 0 Å². The molecule has 0 radical (unpaired) electrons. The van der Waals surface area contributed by atoms with Crippen molar-refractivity contribution in [3.63, 3.8) is 0 Å². The molecule has 1 aliphatic heterocycles. The van der Waals surface area contributed by atoms with Crippen LogP contribution in [0.4, 0.5) is 5.82 Å². The van der Waals surface area contributed by atoms with Gasteiger partial charge < -0.3 is 5.32 Å². The van der Waals surface area contributed by atoms with Gasteiger partial charge in [-0.2, -0.15) is 0 Å². The third-order valence-electron chi connectivity index (χ3n) is 3.84. The van der Waals surface area contributed by atoms with E-state index < -0.39 is 0 Å². The van der Waals surface area contributed by atoms with E-state index in [0.29, 0.717) is 23.4 Å². The standard InChI is InChI=1S/C18H17N3O3/c1-12-7-8-13-14(11-12)18(24)21(17(13)23)10-4-6-16(22)20-15-5-2-3-9-19-15/h2-3,5,7-9,11H,4,6,10H2,1H3,(H,19,20,22). The smallest absolute Gasteiger partial charge is 0.261 e. The first-order chi connectivity index (χ1) is 11.6. The number of benzene rings is 1. The van der Waals surface area contributed by atoms with Crippen molar-refractivity contribution in [3.8, 4) is 0 Å². The Morgan fingerprint density at radius 2 is 1.92 bits per heavy atom. The second-order valence-electron chi connectivity index (χ2n) is 5.68. The fourth-order valence-corrected chi connectivity index (χ4v) is 2.65. The third-order valence-corrected chi connectivity index (χ3v) is 3.84. The van der Waals surface area contributed by atoms with Gasteiger partial charge >= 0.3 is 0 Å². The fraction of sp³-hybridized carbons (Fsp3) is 0.222. The van der Waals surface area contributed by atoms with Crippen LogP contribution >= 0.6 is 0 Å². The summed E-state index contributed by atoms with van der Waals surface area (Å²) in [5.41, 5.74) is 1.81. The molecular formula is C18H17N3O3. The molecule has 0 atom stereocenters. The van der Waals surface area contributed by atoms with Crippen molar-refractivity contribution < 1.29 is 14.4 Å². The van der Waals surface area contributed by atoms with Crippen molar-refractivity contribution in [1.29, 1.82) is 0 Å². The molecule has 1 aromatic heterocycles. The second-order valence-corrected chi connectivity index (χ2v) is 5.68. The number of fused-ring (bicyclic) bond motifs is 1. The van der Waals surface area contributed by atoms with Crippen LogP contribution in [-0.2, 0) is 4.79 Å². The predicted molar refractivity (Wildman–Crippen MR) is 88.6 cm³/mol. The van der Waals surface area contributed by atoms with Crippen LogP contribution in [0.3, 0.4) is 0 Å². The summed E-state index contributed by atoms with van der Waals surface area (Å²) >= 11 is 0. The summed E-state index contributed by atoms with van der Waals surface area (Å²) < 4.78 is 0. The lowest BCUT2D eigenvalue weighted by molar-refractivity contribution is -0.116. The minimum absolute atomic E-state index is 0.193. The van der Waals surface area contributed by atoms with Crippen molar-refractivity contribution in [1.82, 2.24) is 9.88 Å². The van der Waals surface area contributed by atoms with Crippen LogP contribution in [0.1, 0.15) is 39.1 Å². The number of amides is 3. The first kappa shape index (κ1) is 15.9. The van der Waals surface area contributed by atoms with E-state index in [1.54, 1.807) is 36.5 Å². The lowest BCUT2D eigenvalue weighted by Gasteiger charge is -2.13. The number of aromatic nitrogens is 1. The van der Waals surface area contributed by atoms with E-state index in [-0.39, 0.29) is 30.7 Å². The molecule has 2 heterocycles. The Morgan fingerprint density at radius 1 is 1.12 bits per heavy atom. The molecule has 0 saturated heterocycles. The van der Waals surface area contributed by atoms with Gasteiger partial charge in [0, 0.05) is 19.2 Å². The number of anilines is 1. The van der Waals surface area contributed by atoms with Gasteiger partial charge in [-0.05, 0) is 37.6 Å². The fourth-order valence-electron chi connectivity index (χ4n) is 2.65. The van der Waals surface area contributed by atoms with Gasteiger partial charge in [-0.3, -0.25) is 19.3 Å². The predicted octanol–water partition coefficient (Wildman–Crippen LogP) is 2.40. The molecule has 0 fully saturated rings. The number of imide groups is 1. The van der Waals surface area contributed by atoms with Crippen molar-refractivity contribution in [3.05, 3.63) is 59.3 Å². The van der Waals surface area contributed by atoms with Crippen LogP contribution in [0.2, 0.25) is 0 Å². The van der Waals surface area contributed by atoms with Crippen LogP contribution in [0, 0.1) is 6.92 Å². The molecule has 2 aromatic rings. The zero-order chi connectivity index (χ0) is 17.1. The largest absolute Gasteiger partial charge is 0.311 e. The zero-order valence-corrected chi connectivity index (χ0v) is 13.3. The Balaban J connectivity index is 1.55. The number of hydrogen-bond acceptors (Lipinski definition) is 4. The Bertz CT molecular complexity index is 802. The highest BCUT2D eigenvalue weighted by molar-refractivity contribution is 6.21. The summed E-state index contributed by atoms with van der Waals surface area (Å²) in [6.07, 6.45) is 2.21. The van der Waals surface area contributed by atoms with E-state index in [1.165, 1.54) is 4.90 Å². The summed E-state index contributed by atoms with van der Waals surface area (Å²) in [6.45, 7) is 2.10. The van der Waals surface area contributed by atoms with Crippen LogP contribution in [0.15, 0.2) is 42.6 Å². The Kier molecular flexibility index (Phi) is 4.37. The molecule has 6 nitrogen and oxygen atoms in total. The highest BCUT2D eigenvalue weighted by atomic mass is 16.2. The molecule has 1 aliphatic rings. The average Bonchev–Trinajstić information content (AvgIpc) is 2.80. The Morgan fingerprint density at radius 3 is 2.67 bits per heavy atom. The second kappa shape index (κ2) is 6.62. The highest BCUT2D eigenvalue weighted by Gasteiger charge is 2.34. The van der Waals surface area contributed by atoms with Crippen LogP contribution < -0.4 is 5.32 Å². The number of carbonyl (C=O) groups excluding carboxylic acids is 3. The topological polar surface area (TPSA) is 79.4 Å². The van der Waals surface area contributed by atoms with Crippen LogP contribution in [0.25, 0.3) is 0 Å². The molecule has 0 spiro atoms. The number of nitrogens with one attached hydrogen (secondary N) is 1. The van der Waals surface area contributed by atoms with Crippen molar-refractivity contribution >= 4 is 23.5 Å². The molecule has 1 aromatic carbocycles. The number of nitrogens with zero attached hydrogens (tertiary/aromatic N) is 2. The van der Waals surface area contributed by atoms with E-state index in [4.69, 9.17) is 0 Å². The van der Waals surface area contributed by atoms with Gasteiger partial charge in [-0.1, -0.05) is 17.7 Å². The maximum absolute atomic E-state index is 12.3. The summed E-state index contributed by atoms with van der Waals surface area (Å²) in [7, 11) is 0. The number of hydrogen-bond donors (Lipinski definition) is 1. The summed E-state index contributed by atoms with van der Waals surface area (Å²) in [4.78, 5) is 41.7. The Labute approximate surface area is 139 Å². The highest BCUT2D eigenvalue weighted by Crippen LogP contribution is 2.24. The quantitative estimate of drug-likeness (QED) is 0.857. The van der Waals surface area contributed by atoms with Gasteiger partial charge in [0.2, 0.25) is 5.91 Å². The molecule has 0 aliphatic carbocycles. The average molecular weight is 323 g/mol. The monoisotopic (exact) mass is 323 g/mol. The van der Waals surface area contributed by atoms with Gasteiger partial charge in [-0.15, -0.1) is 0 Å². The lowest BCUT2D eigenvalue weighted by Crippen LogP contribution is -2.31. The maximum atomic E-state index is 12.3. The van der Waals surface area contributed by atoms with Crippen molar-refractivity contribution in [2.24, 2.45) is 0 Å². The first-order valence-corrected chi connectivity index (χ1v) is 7.74. The third kappa shape index (κ3) is 3.17. The molecule has 3 amide bonds. The van der Waals surface area contributed by atoms with E-state index >= 15 is 0 Å². The molecule has 0 saturated carbocycles. The summed E-state index contributed by atoms with van der Waals surface area (Å²) in [5.74, 6) is -0.288. The van der Waals surface area contributed by atoms with Crippen molar-refractivity contribution in [2.45, 2.75) is 19.8 Å². The van der Waals surface area contributed by atoms with Crippen LogP contribution in [-0.4, -0.2) is 34.2 Å². The van der Waals surface area contributed by atoms with E-state index in [1.807, 2.05) is 13.0 Å². The Hall–Kier alpha value is -3.02. The molecule has 0 bridgehead atoms. The minimum Gasteiger partial charge on any atom is -0.311 e. The molecule has 1 N–H and O–H groups in total. The molecule has 122 valence electrons. The summed E-state index contributed by atoms with van der Waals surface area (Å²) in [6, 6.07) is 10.5. The van der Waals surface area contributed by atoms with E-state index in [9.17, 15) is 14.4 Å². The lowest BCUT2D eigenvalue weighted by atomic mass is 10.1. The molecular weight excluding hydrogens is 306 g/mol. The first-order valence-electron chi connectivity index (χ1n) is 7.74. The molecule has 24 heavy (non-hydrogen) atoms. The maximum Gasteiger partial charge on any atom is 0.261 e. The number of aryl methyl sites for hydroxylation is 1. The number of pyridine rings is 1. The number of rotatable bonds is 5. The van der Waals surface area contributed by atoms with E-state index in [0.717, 1.165) is 5.56 Å². The van der Waals surface area contributed by atoms with Gasteiger partial charge in [-0.25, -0.2) is 4.98 Å². The summed E-state index contributed by atoms with van der Waals surface area (Å²) in [5, 5.41) is 2.68. The molecule has 3 rings (SSSR count). The van der Waals surface area contributed by atoms with Crippen molar-refractivity contribution in [2.75, 3.05) is 11.9 Å². The van der Waals surface area contributed by atoms with E-state index in [2.05, 4.69) is 10.3 Å². The molecule has 0 unspecified atom stereocenters. The SMILES string of the molecule is Cc1ccc2c(c1)C(=O)N(CCCC(=O)Nc1ccccn1)C2=O. The minimum atomic E-state index is -0.292. The van der Waals surface area contributed by atoms with Gasteiger partial charge in [0.25, 0.3) is 11.8 Å². The van der Waals surface area contributed by atoms with Gasteiger partial charge in [0.1, 0.15) is 5.82 Å². The zero-order valence-electron chi connectivity index (χ0n) is 13.3. The van der Waals surface area contributed by atoms with Gasteiger partial charge in [0.05, 0.1) is 11.1 Å². The number of carbonyl (C=O) groups is 3.